The first-order valence-electron chi connectivity index (χ1n) is 8.94. The zero-order valence-corrected chi connectivity index (χ0v) is 14.6. The van der Waals surface area contributed by atoms with Crippen molar-refractivity contribution in [2.45, 2.75) is 38.9 Å². The van der Waals surface area contributed by atoms with E-state index >= 15 is 0 Å². The molecule has 0 N–H and O–H groups in total. The summed E-state index contributed by atoms with van der Waals surface area (Å²) in [5, 5.41) is 0. The second-order valence-corrected chi connectivity index (χ2v) is 7.22. The molecule has 2 aliphatic rings. The Morgan fingerprint density at radius 1 is 1.21 bits per heavy atom. The lowest BCUT2D eigenvalue weighted by Gasteiger charge is -2.39. The number of amides is 1. The van der Waals surface area contributed by atoms with Gasteiger partial charge in [0.25, 0.3) is 5.91 Å². The summed E-state index contributed by atoms with van der Waals surface area (Å²) in [6.07, 6.45) is 2.62. The van der Waals surface area contributed by atoms with Crippen LogP contribution in [0.25, 0.3) is 0 Å². The Balaban J connectivity index is 1.49. The molecule has 2 atom stereocenters. The molecule has 4 nitrogen and oxygen atoms in total. The van der Waals surface area contributed by atoms with E-state index in [0.717, 1.165) is 45.6 Å². The number of benzene rings is 1. The third-order valence-electron chi connectivity index (χ3n) is 4.98. The molecule has 24 heavy (non-hydrogen) atoms. The van der Waals surface area contributed by atoms with E-state index in [2.05, 4.69) is 18.7 Å². The lowest BCUT2D eigenvalue weighted by Crippen LogP contribution is -2.48. The lowest BCUT2D eigenvalue weighted by atomic mass is 9.95. The molecule has 0 bridgehead atoms. The monoisotopic (exact) mass is 334 g/mol. The molecule has 3 rings (SSSR count). The van der Waals surface area contributed by atoms with E-state index in [9.17, 15) is 9.18 Å². The number of piperidine rings is 1. The smallest absolute Gasteiger partial charge is 0.253 e. The molecule has 0 unspecified atom stereocenters. The lowest BCUT2D eigenvalue weighted by molar-refractivity contribution is -0.0728. The topological polar surface area (TPSA) is 32.8 Å². The van der Waals surface area contributed by atoms with Crippen LogP contribution in [0, 0.1) is 11.7 Å². The summed E-state index contributed by atoms with van der Waals surface area (Å²) in [5.41, 5.74) is 0.448. The van der Waals surface area contributed by atoms with E-state index in [1.54, 1.807) is 12.1 Å². The number of likely N-dealkylation sites (tertiary alicyclic amines) is 1. The van der Waals surface area contributed by atoms with Gasteiger partial charge >= 0.3 is 0 Å². The van der Waals surface area contributed by atoms with Gasteiger partial charge in [-0.05, 0) is 50.8 Å². The van der Waals surface area contributed by atoms with E-state index in [4.69, 9.17) is 4.74 Å². The van der Waals surface area contributed by atoms with E-state index in [-0.39, 0.29) is 11.7 Å². The number of ether oxygens (including phenoxy) is 1. The summed E-state index contributed by atoms with van der Waals surface area (Å²) in [7, 11) is 0. The summed E-state index contributed by atoms with van der Waals surface area (Å²) in [6, 6.07) is 5.97. The number of hydrogen-bond acceptors (Lipinski definition) is 3. The highest BCUT2D eigenvalue weighted by Gasteiger charge is 2.28. The maximum atomic E-state index is 13.3. The van der Waals surface area contributed by atoms with Gasteiger partial charge in [0.15, 0.2) is 0 Å². The number of carbonyl (C=O) groups excluding carboxylic acids is 1. The molecule has 1 amide bonds. The van der Waals surface area contributed by atoms with Crippen molar-refractivity contribution >= 4 is 5.91 Å². The van der Waals surface area contributed by atoms with E-state index in [1.165, 1.54) is 12.1 Å². The molecule has 0 aliphatic carbocycles. The van der Waals surface area contributed by atoms with Gasteiger partial charge in [-0.15, -0.1) is 0 Å². The number of carbonyl (C=O) groups is 1. The number of hydrogen-bond donors (Lipinski definition) is 0. The van der Waals surface area contributed by atoms with Crippen molar-refractivity contribution < 1.29 is 13.9 Å². The van der Waals surface area contributed by atoms with Crippen molar-refractivity contribution in [1.82, 2.24) is 9.80 Å². The molecule has 1 aromatic carbocycles. The van der Waals surface area contributed by atoms with Crippen molar-refractivity contribution in [3.05, 3.63) is 35.6 Å². The molecule has 2 aliphatic heterocycles. The molecule has 0 saturated carbocycles. The molecule has 2 saturated heterocycles. The van der Waals surface area contributed by atoms with Crippen molar-refractivity contribution in [3.8, 4) is 0 Å². The minimum Gasteiger partial charge on any atom is -0.373 e. The van der Waals surface area contributed by atoms with Crippen LogP contribution in [0.2, 0.25) is 0 Å². The minimum atomic E-state index is -0.355. The van der Waals surface area contributed by atoms with Crippen molar-refractivity contribution in [1.29, 1.82) is 0 Å². The van der Waals surface area contributed by atoms with Crippen LogP contribution in [0.1, 0.15) is 37.0 Å². The van der Waals surface area contributed by atoms with Gasteiger partial charge in [-0.3, -0.25) is 9.69 Å². The van der Waals surface area contributed by atoms with Crippen LogP contribution in [0.5, 0.6) is 0 Å². The fourth-order valence-electron chi connectivity index (χ4n) is 3.92. The average Bonchev–Trinajstić information content (AvgIpc) is 2.54. The maximum absolute atomic E-state index is 13.3. The Labute approximate surface area is 143 Å². The third kappa shape index (κ3) is 4.33. The third-order valence-corrected chi connectivity index (χ3v) is 4.98. The molecule has 0 aromatic heterocycles. The summed E-state index contributed by atoms with van der Waals surface area (Å²) >= 11 is 0. The van der Waals surface area contributed by atoms with Crippen molar-refractivity contribution in [2.75, 3.05) is 32.7 Å². The van der Waals surface area contributed by atoms with Crippen molar-refractivity contribution in [2.24, 2.45) is 5.92 Å². The number of rotatable bonds is 3. The van der Waals surface area contributed by atoms with Crippen LogP contribution in [-0.2, 0) is 4.74 Å². The SMILES string of the molecule is C[C@@H]1CN(CC2CCN(C(=O)c3cccc(F)c3)CC2)C[C@@H](C)O1. The minimum absolute atomic E-state index is 0.0541. The second-order valence-electron chi connectivity index (χ2n) is 7.22. The van der Waals surface area contributed by atoms with Gasteiger partial charge in [-0.2, -0.15) is 0 Å². The van der Waals surface area contributed by atoms with Crippen LogP contribution in [0.3, 0.4) is 0 Å². The molecular weight excluding hydrogens is 307 g/mol. The second kappa shape index (κ2) is 7.62. The Bertz CT molecular complexity index is 562. The average molecular weight is 334 g/mol. The van der Waals surface area contributed by atoms with Crippen LogP contribution in [0.15, 0.2) is 24.3 Å². The molecule has 0 radical (unpaired) electrons. The summed E-state index contributed by atoms with van der Waals surface area (Å²) < 4.78 is 19.1. The molecule has 132 valence electrons. The number of nitrogens with zero attached hydrogens (tertiary/aromatic N) is 2. The molecular formula is C19H27FN2O2. The molecule has 2 fully saturated rings. The molecule has 0 spiro atoms. The Morgan fingerprint density at radius 3 is 2.50 bits per heavy atom. The highest BCUT2D eigenvalue weighted by Crippen LogP contribution is 2.22. The standard InChI is InChI=1S/C19H27FN2O2/c1-14-11-21(12-15(2)24-14)13-16-6-8-22(9-7-16)19(23)17-4-3-5-18(20)10-17/h3-5,10,14-16H,6-9,11-13H2,1-2H3/t14-,15-/m1/s1. The van der Waals surface area contributed by atoms with Gasteiger partial charge in [0, 0.05) is 38.3 Å². The summed E-state index contributed by atoms with van der Waals surface area (Å²) in [6.45, 7) is 8.84. The van der Waals surface area contributed by atoms with Crippen LogP contribution in [-0.4, -0.2) is 60.6 Å². The zero-order chi connectivity index (χ0) is 17.1. The molecule has 5 heteroatoms. The zero-order valence-electron chi connectivity index (χ0n) is 14.6. The summed E-state index contributed by atoms with van der Waals surface area (Å²) in [4.78, 5) is 16.8. The van der Waals surface area contributed by atoms with E-state index < -0.39 is 0 Å². The van der Waals surface area contributed by atoms with Crippen LogP contribution >= 0.6 is 0 Å². The molecule has 2 heterocycles. The Kier molecular flexibility index (Phi) is 5.51. The first-order valence-corrected chi connectivity index (χ1v) is 8.94. The normalized spacial score (nSPS) is 26.5. The largest absolute Gasteiger partial charge is 0.373 e. The number of halogens is 1. The van der Waals surface area contributed by atoms with E-state index in [1.807, 2.05) is 4.90 Å². The van der Waals surface area contributed by atoms with Crippen LogP contribution in [0.4, 0.5) is 4.39 Å². The summed E-state index contributed by atoms with van der Waals surface area (Å²) in [5.74, 6) is 0.215. The Morgan fingerprint density at radius 2 is 1.88 bits per heavy atom. The molecule has 1 aromatic rings. The van der Waals surface area contributed by atoms with Crippen molar-refractivity contribution in [3.63, 3.8) is 0 Å². The van der Waals surface area contributed by atoms with E-state index in [0.29, 0.717) is 23.7 Å². The highest BCUT2D eigenvalue weighted by atomic mass is 19.1. The fourth-order valence-corrected chi connectivity index (χ4v) is 3.92. The van der Waals surface area contributed by atoms with Gasteiger partial charge < -0.3 is 9.64 Å². The van der Waals surface area contributed by atoms with Gasteiger partial charge in [0.1, 0.15) is 5.82 Å². The van der Waals surface area contributed by atoms with Crippen LogP contribution < -0.4 is 0 Å². The van der Waals surface area contributed by atoms with Gasteiger partial charge in [0.2, 0.25) is 0 Å². The van der Waals surface area contributed by atoms with Gasteiger partial charge in [-0.1, -0.05) is 6.07 Å². The quantitative estimate of drug-likeness (QED) is 0.852. The fraction of sp³-hybridized carbons (Fsp3) is 0.632. The number of morpholine rings is 1. The Hall–Kier alpha value is -1.46. The first kappa shape index (κ1) is 17.4. The highest BCUT2D eigenvalue weighted by molar-refractivity contribution is 5.94. The van der Waals surface area contributed by atoms with Gasteiger partial charge in [-0.25, -0.2) is 4.39 Å². The maximum Gasteiger partial charge on any atom is 0.253 e. The first-order chi connectivity index (χ1) is 11.5. The predicted molar refractivity (Wildman–Crippen MR) is 91.5 cm³/mol. The van der Waals surface area contributed by atoms with Gasteiger partial charge in [0.05, 0.1) is 12.2 Å². The predicted octanol–water partition coefficient (Wildman–Crippen LogP) is 2.79.